The van der Waals surface area contributed by atoms with Crippen LogP contribution in [-0.2, 0) is 14.4 Å². The number of carbonyl (C=O) groups excluding carboxylic acids is 2. The highest BCUT2D eigenvalue weighted by atomic mass is 16.7. The van der Waals surface area contributed by atoms with Crippen molar-refractivity contribution < 1.29 is 19.5 Å². The lowest BCUT2D eigenvalue weighted by Crippen LogP contribution is -2.41. The lowest BCUT2D eigenvalue weighted by molar-refractivity contribution is -0.149. The zero-order chi connectivity index (χ0) is 13.0. The van der Waals surface area contributed by atoms with E-state index in [4.69, 9.17) is 4.84 Å². The molecule has 2 aliphatic rings. The molecule has 3 N–H and O–H groups in total. The molecule has 0 bridgehead atoms. The van der Waals surface area contributed by atoms with Crippen molar-refractivity contribution in [3.63, 3.8) is 0 Å². The average molecular weight is 256 g/mol. The van der Waals surface area contributed by atoms with E-state index in [9.17, 15) is 14.7 Å². The second-order valence-electron chi connectivity index (χ2n) is 4.99. The second-order valence-corrected chi connectivity index (χ2v) is 4.99. The van der Waals surface area contributed by atoms with Gasteiger partial charge in [-0.05, 0) is 12.8 Å². The normalized spacial score (nSPS) is 29.7. The number of aliphatic hydroxyl groups is 1. The molecule has 1 aliphatic carbocycles. The van der Waals surface area contributed by atoms with Gasteiger partial charge in [0.1, 0.15) is 5.92 Å². The van der Waals surface area contributed by atoms with Crippen LogP contribution in [0.3, 0.4) is 0 Å². The van der Waals surface area contributed by atoms with Crippen LogP contribution in [0.1, 0.15) is 38.5 Å². The van der Waals surface area contributed by atoms with Crippen LogP contribution >= 0.6 is 0 Å². The molecule has 1 aliphatic heterocycles. The van der Waals surface area contributed by atoms with E-state index in [2.05, 4.69) is 10.8 Å². The molecular formula is C12H20N2O4. The largest absolute Gasteiger partial charge is 0.390 e. The van der Waals surface area contributed by atoms with Crippen molar-refractivity contribution in [2.24, 2.45) is 5.92 Å². The summed E-state index contributed by atoms with van der Waals surface area (Å²) < 4.78 is 0. The highest BCUT2D eigenvalue weighted by molar-refractivity contribution is 6.02. The topological polar surface area (TPSA) is 87.7 Å². The summed E-state index contributed by atoms with van der Waals surface area (Å²) in [7, 11) is 0. The minimum absolute atomic E-state index is 0.0260. The van der Waals surface area contributed by atoms with Crippen LogP contribution in [0.4, 0.5) is 0 Å². The van der Waals surface area contributed by atoms with E-state index < -0.39 is 23.8 Å². The summed E-state index contributed by atoms with van der Waals surface area (Å²) in [6.45, 7) is 0.125. The number of β-amino-alcohol motifs (C(OH)–C–C–N with tert-alkyl or cyclic N) is 1. The molecule has 0 spiro atoms. The summed E-state index contributed by atoms with van der Waals surface area (Å²) in [6, 6.07) is 0. The third kappa shape index (κ3) is 3.20. The van der Waals surface area contributed by atoms with Gasteiger partial charge in [-0.15, -0.1) is 0 Å². The van der Waals surface area contributed by atoms with E-state index >= 15 is 0 Å². The molecule has 1 saturated heterocycles. The Balaban J connectivity index is 1.78. The van der Waals surface area contributed by atoms with Crippen LogP contribution in [0.15, 0.2) is 0 Å². The molecule has 2 atom stereocenters. The van der Waals surface area contributed by atoms with Crippen molar-refractivity contribution in [3.05, 3.63) is 0 Å². The lowest BCUT2D eigenvalue weighted by atomic mass is 10.1. The monoisotopic (exact) mass is 256 g/mol. The van der Waals surface area contributed by atoms with Gasteiger partial charge in [-0.3, -0.25) is 14.4 Å². The van der Waals surface area contributed by atoms with Crippen LogP contribution < -0.4 is 10.8 Å². The molecule has 1 heterocycles. The standard InChI is InChI=1S/C12H20N2O4/c15-9-7-13-11(16)10(9)12(17)14-18-8-5-3-1-2-4-6-8/h8-10,15H,1-7H2,(H,13,16)(H,14,17). The fraction of sp³-hybridized carbons (Fsp3) is 0.833. The molecule has 18 heavy (non-hydrogen) atoms. The Kier molecular flexibility index (Phi) is 4.54. The van der Waals surface area contributed by atoms with E-state index in [1.807, 2.05) is 0 Å². The highest BCUT2D eigenvalue weighted by Gasteiger charge is 2.39. The average Bonchev–Trinajstić information content (AvgIpc) is 2.59. The smallest absolute Gasteiger partial charge is 0.258 e. The van der Waals surface area contributed by atoms with Gasteiger partial charge in [-0.1, -0.05) is 25.7 Å². The predicted molar refractivity (Wildman–Crippen MR) is 63.2 cm³/mol. The first-order chi connectivity index (χ1) is 8.68. The van der Waals surface area contributed by atoms with E-state index in [-0.39, 0.29) is 12.6 Å². The Hall–Kier alpha value is -1.14. The van der Waals surface area contributed by atoms with Gasteiger partial charge in [0.15, 0.2) is 0 Å². The fourth-order valence-corrected chi connectivity index (χ4v) is 2.47. The van der Waals surface area contributed by atoms with Crippen molar-refractivity contribution >= 4 is 11.8 Å². The van der Waals surface area contributed by atoms with Crippen molar-refractivity contribution in [2.75, 3.05) is 6.54 Å². The third-order valence-electron chi connectivity index (χ3n) is 3.56. The zero-order valence-corrected chi connectivity index (χ0v) is 10.4. The van der Waals surface area contributed by atoms with Gasteiger partial charge < -0.3 is 10.4 Å². The summed E-state index contributed by atoms with van der Waals surface area (Å²) in [5.41, 5.74) is 2.32. The number of hydrogen-bond acceptors (Lipinski definition) is 4. The van der Waals surface area contributed by atoms with Crippen LogP contribution in [-0.4, -0.2) is 35.7 Å². The molecule has 0 aromatic rings. The number of rotatable bonds is 3. The van der Waals surface area contributed by atoms with Crippen molar-refractivity contribution in [3.8, 4) is 0 Å². The summed E-state index contributed by atoms with van der Waals surface area (Å²) in [5.74, 6) is -2.04. The molecule has 1 saturated carbocycles. The van der Waals surface area contributed by atoms with Gasteiger partial charge in [0.05, 0.1) is 12.2 Å². The van der Waals surface area contributed by atoms with E-state index in [0.717, 1.165) is 25.7 Å². The maximum Gasteiger partial charge on any atom is 0.258 e. The number of hydrogen-bond donors (Lipinski definition) is 3. The summed E-state index contributed by atoms with van der Waals surface area (Å²) in [5, 5.41) is 12.0. The third-order valence-corrected chi connectivity index (χ3v) is 3.56. The molecule has 2 rings (SSSR count). The van der Waals surface area contributed by atoms with Crippen molar-refractivity contribution in [2.45, 2.75) is 50.7 Å². The maximum absolute atomic E-state index is 11.7. The van der Waals surface area contributed by atoms with Gasteiger partial charge in [0.2, 0.25) is 5.91 Å². The van der Waals surface area contributed by atoms with Gasteiger partial charge in [0.25, 0.3) is 5.91 Å². The first kappa shape index (κ1) is 13.3. The molecule has 0 aromatic carbocycles. The molecular weight excluding hydrogens is 236 g/mol. The Morgan fingerprint density at radius 2 is 1.94 bits per heavy atom. The Bertz CT molecular complexity index is 313. The molecule has 2 unspecified atom stereocenters. The minimum Gasteiger partial charge on any atom is -0.390 e. The summed E-state index contributed by atoms with van der Waals surface area (Å²) >= 11 is 0. The van der Waals surface area contributed by atoms with Gasteiger partial charge in [0, 0.05) is 6.54 Å². The van der Waals surface area contributed by atoms with E-state index in [1.165, 1.54) is 12.8 Å². The molecule has 2 amide bonds. The molecule has 0 radical (unpaired) electrons. The van der Waals surface area contributed by atoms with Gasteiger partial charge >= 0.3 is 0 Å². The first-order valence-corrected chi connectivity index (χ1v) is 6.60. The van der Waals surface area contributed by atoms with Gasteiger partial charge in [-0.2, -0.15) is 0 Å². The molecule has 6 heteroatoms. The second kappa shape index (κ2) is 6.15. The molecule has 0 aromatic heterocycles. The van der Waals surface area contributed by atoms with Crippen molar-refractivity contribution in [1.82, 2.24) is 10.8 Å². The minimum atomic E-state index is -1.05. The fourth-order valence-electron chi connectivity index (χ4n) is 2.47. The van der Waals surface area contributed by atoms with E-state index in [1.54, 1.807) is 0 Å². The number of aliphatic hydroxyl groups excluding tert-OH is 1. The Morgan fingerprint density at radius 1 is 1.28 bits per heavy atom. The number of nitrogens with one attached hydrogen (secondary N) is 2. The van der Waals surface area contributed by atoms with Crippen LogP contribution in [0.5, 0.6) is 0 Å². The number of amides is 2. The zero-order valence-electron chi connectivity index (χ0n) is 10.4. The quantitative estimate of drug-likeness (QED) is 0.373. The molecule has 102 valence electrons. The summed E-state index contributed by atoms with van der Waals surface area (Å²) in [4.78, 5) is 28.4. The molecule has 2 fully saturated rings. The number of hydroxylamine groups is 1. The SMILES string of the molecule is O=C1NCC(O)C1C(=O)NOC1CCCCCC1. The first-order valence-electron chi connectivity index (χ1n) is 6.60. The lowest BCUT2D eigenvalue weighted by Gasteiger charge is -2.17. The predicted octanol–water partition coefficient (Wildman–Crippen LogP) is -0.136. The van der Waals surface area contributed by atoms with Crippen LogP contribution in [0.25, 0.3) is 0 Å². The van der Waals surface area contributed by atoms with Crippen LogP contribution in [0, 0.1) is 5.92 Å². The summed E-state index contributed by atoms with van der Waals surface area (Å²) in [6.07, 6.45) is 5.54. The Labute approximate surface area is 106 Å². The number of carbonyl (C=O) groups is 2. The highest BCUT2D eigenvalue weighted by Crippen LogP contribution is 2.19. The maximum atomic E-state index is 11.7. The van der Waals surface area contributed by atoms with Gasteiger partial charge in [-0.25, -0.2) is 5.48 Å². The molecule has 6 nitrogen and oxygen atoms in total. The van der Waals surface area contributed by atoms with Crippen LogP contribution in [0.2, 0.25) is 0 Å². The Morgan fingerprint density at radius 3 is 2.50 bits per heavy atom. The van der Waals surface area contributed by atoms with E-state index in [0.29, 0.717) is 0 Å². The van der Waals surface area contributed by atoms with Crippen molar-refractivity contribution in [1.29, 1.82) is 0 Å².